The molecule has 8 heteroatoms. The highest BCUT2D eigenvalue weighted by Crippen LogP contribution is 2.50. The molecule has 0 bridgehead atoms. The van der Waals surface area contributed by atoms with Gasteiger partial charge >= 0.3 is 5.97 Å². The molecule has 2 saturated heterocycles. The number of benzene rings is 1. The number of aliphatic hydroxyl groups excluding tert-OH is 1. The van der Waals surface area contributed by atoms with Gasteiger partial charge in [0.2, 0.25) is 11.8 Å². The van der Waals surface area contributed by atoms with Gasteiger partial charge in [0.05, 0.1) is 30.1 Å². The second-order valence-corrected chi connectivity index (χ2v) is 8.13. The molecule has 4 unspecified atom stereocenters. The number of carbonyl (C=O) groups excluding carboxylic acids is 2. The average Bonchev–Trinajstić information content (AvgIpc) is 3.23. The molecule has 2 aliphatic heterocycles. The Morgan fingerprint density at radius 1 is 1.17 bits per heavy atom. The van der Waals surface area contributed by atoms with Gasteiger partial charge in [0.1, 0.15) is 0 Å². The number of nitrogens with zero attached hydrogens (tertiary/aromatic N) is 2. The Morgan fingerprint density at radius 3 is 2.38 bits per heavy atom. The molecule has 1 saturated carbocycles. The summed E-state index contributed by atoms with van der Waals surface area (Å²) in [5, 5.41) is 31.8. The third-order valence-electron chi connectivity index (χ3n) is 6.66. The van der Waals surface area contributed by atoms with Gasteiger partial charge in [-0.15, -0.1) is 0 Å². The number of carboxylic acid groups (broad SMARTS) is 1. The molecular weight excluding hydrogens is 374 g/mol. The van der Waals surface area contributed by atoms with E-state index in [0.717, 1.165) is 32.1 Å². The van der Waals surface area contributed by atoms with Gasteiger partial charge < -0.3 is 10.2 Å². The number of rotatable bonds is 4. The number of carboxylic acids is 1. The molecule has 3 fully saturated rings. The number of nitriles is 1. The van der Waals surface area contributed by atoms with Gasteiger partial charge in [-0.25, -0.2) is 0 Å². The maximum atomic E-state index is 13.4. The van der Waals surface area contributed by atoms with Gasteiger partial charge in [-0.3, -0.25) is 24.6 Å². The fraction of sp³-hybridized carbons (Fsp3) is 0.524. The largest absolute Gasteiger partial charge is 0.480 e. The average molecular weight is 397 g/mol. The summed E-state index contributed by atoms with van der Waals surface area (Å²) < 4.78 is 0. The second-order valence-electron chi connectivity index (χ2n) is 8.13. The van der Waals surface area contributed by atoms with Crippen molar-refractivity contribution in [2.45, 2.75) is 49.7 Å². The number of aliphatic carboxylic acids is 1. The quantitative estimate of drug-likeness (QED) is 0.645. The molecule has 0 aromatic heterocycles. The number of hydrogen-bond donors (Lipinski definition) is 3. The summed E-state index contributed by atoms with van der Waals surface area (Å²) in [6.07, 6.45) is 4.37. The first-order chi connectivity index (χ1) is 13.9. The molecule has 0 spiro atoms. The van der Waals surface area contributed by atoms with Crippen molar-refractivity contribution in [3.05, 3.63) is 35.4 Å². The minimum atomic E-state index is -1.92. The molecule has 3 aliphatic rings. The zero-order chi connectivity index (χ0) is 20.8. The monoisotopic (exact) mass is 397 g/mol. The van der Waals surface area contributed by atoms with Crippen LogP contribution in [0.5, 0.6) is 0 Å². The van der Waals surface area contributed by atoms with E-state index in [4.69, 9.17) is 5.26 Å². The molecule has 1 aromatic carbocycles. The lowest BCUT2D eigenvalue weighted by atomic mass is 9.79. The van der Waals surface area contributed by atoms with Gasteiger partial charge in [-0.1, -0.05) is 31.4 Å². The molecule has 1 aliphatic carbocycles. The maximum Gasteiger partial charge on any atom is 0.327 e. The summed E-state index contributed by atoms with van der Waals surface area (Å²) in [4.78, 5) is 40.1. The van der Waals surface area contributed by atoms with Crippen molar-refractivity contribution in [3.63, 3.8) is 0 Å². The molecule has 1 aromatic rings. The summed E-state index contributed by atoms with van der Waals surface area (Å²) >= 11 is 0. The highest BCUT2D eigenvalue weighted by molar-refractivity contribution is 6.09. The molecule has 3 N–H and O–H groups in total. The van der Waals surface area contributed by atoms with Crippen LogP contribution in [0.2, 0.25) is 0 Å². The number of hydrogen-bond acceptors (Lipinski definition) is 6. The Balaban J connectivity index is 1.77. The van der Waals surface area contributed by atoms with Crippen molar-refractivity contribution < 1.29 is 24.6 Å². The molecule has 0 radical (unpaired) electrons. The number of nitrogens with one attached hydrogen (secondary N) is 1. The van der Waals surface area contributed by atoms with Crippen molar-refractivity contribution in [2.24, 2.45) is 11.8 Å². The zero-order valence-corrected chi connectivity index (χ0v) is 15.9. The summed E-state index contributed by atoms with van der Waals surface area (Å²) in [5.74, 6) is -4.30. The minimum absolute atomic E-state index is 0.207. The van der Waals surface area contributed by atoms with Crippen molar-refractivity contribution in [1.82, 2.24) is 10.2 Å². The van der Waals surface area contributed by atoms with Gasteiger partial charge in [-0.05, 0) is 30.5 Å². The standard InChI is InChI=1S/C21H23N3O5/c22-10-12-6-8-13(9-7-12)17-15-16(21(11-25,23-17)20(28)29)19(27)24(18(15)26)14-4-2-1-3-5-14/h6-9,14-17,23,25H,1-5,11H2,(H,28,29). The van der Waals surface area contributed by atoms with Gasteiger partial charge in [-0.2, -0.15) is 5.26 Å². The highest BCUT2D eigenvalue weighted by atomic mass is 16.4. The van der Waals surface area contributed by atoms with E-state index < -0.39 is 41.9 Å². The normalized spacial score (nSPS) is 32.3. The molecular formula is C21H23N3O5. The third-order valence-corrected chi connectivity index (χ3v) is 6.66. The number of amides is 2. The van der Waals surface area contributed by atoms with Crippen LogP contribution >= 0.6 is 0 Å². The molecule has 152 valence electrons. The van der Waals surface area contributed by atoms with Crippen LogP contribution in [0.25, 0.3) is 0 Å². The van der Waals surface area contributed by atoms with Crippen LogP contribution in [0.4, 0.5) is 0 Å². The Morgan fingerprint density at radius 2 is 1.83 bits per heavy atom. The Kier molecular flexibility index (Phi) is 4.89. The zero-order valence-electron chi connectivity index (χ0n) is 15.9. The SMILES string of the molecule is N#Cc1ccc(C2NC(CO)(C(=O)O)C3C(=O)N(C4CCCCC4)C(=O)C23)cc1. The predicted octanol–water partition coefficient (Wildman–Crippen LogP) is 0.952. The van der Waals surface area contributed by atoms with Crippen LogP contribution in [0.3, 0.4) is 0 Å². The lowest BCUT2D eigenvalue weighted by Crippen LogP contribution is -2.59. The molecule has 29 heavy (non-hydrogen) atoms. The van der Waals surface area contributed by atoms with Crippen LogP contribution < -0.4 is 5.32 Å². The first-order valence-corrected chi connectivity index (χ1v) is 9.93. The van der Waals surface area contributed by atoms with Crippen LogP contribution in [0.1, 0.15) is 49.3 Å². The highest BCUT2D eigenvalue weighted by Gasteiger charge is 2.69. The molecule has 4 atom stereocenters. The maximum absolute atomic E-state index is 13.4. The van der Waals surface area contributed by atoms with Crippen molar-refractivity contribution in [2.75, 3.05) is 6.61 Å². The number of likely N-dealkylation sites (tertiary alicyclic amines) is 1. The Labute approximate surface area is 168 Å². The van der Waals surface area contributed by atoms with E-state index in [1.807, 2.05) is 6.07 Å². The molecule has 2 heterocycles. The molecule has 4 rings (SSSR count). The lowest BCUT2D eigenvalue weighted by molar-refractivity contribution is -0.154. The second kappa shape index (κ2) is 7.25. The van der Waals surface area contributed by atoms with E-state index in [2.05, 4.69) is 5.32 Å². The first kappa shape index (κ1) is 19.6. The van der Waals surface area contributed by atoms with Crippen LogP contribution in [-0.4, -0.2) is 51.1 Å². The molecule has 8 nitrogen and oxygen atoms in total. The Hall–Kier alpha value is -2.76. The summed E-state index contributed by atoms with van der Waals surface area (Å²) in [6.45, 7) is -0.798. The molecule has 2 amide bonds. The van der Waals surface area contributed by atoms with E-state index in [-0.39, 0.29) is 11.9 Å². The number of aliphatic hydroxyl groups is 1. The number of fused-ring (bicyclic) bond motifs is 1. The fourth-order valence-corrected chi connectivity index (χ4v) is 5.19. The summed E-state index contributed by atoms with van der Waals surface area (Å²) in [6, 6.07) is 7.57. The van der Waals surface area contributed by atoms with Gasteiger partial charge in [0.25, 0.3) is 0 Å². The third kappa shape index (κ3) is 2.84. The van der Waals surface area contributed by atoms with E-state index in [1.165, 1.54) is 4.90 Å². The van der Waals surface area contributed by atoms with Gasteiger partial charge in [0.15, 0.2) is 5.54 Å². The van der Waals surface area contributed by atoms with Crippen LogP contribution in [0, 0.1) is 23.2 Å². The minimum Gasteiger partial charge on any atom is -0.480 e. The first-order valence-electron chi connectivity index (χ1n) is 9.93. The fourth-order valence-electron chi connectivity index (χ4n) is 5.19. The van der Waals surface area contributed by atoms with Crippen molar-refractivity contribution in [1.29, 1.82) is 5.26 Å². The topological polar surface area (TPSA) is 131 Å². The van der Waals surface area contributed by atoms with Gasteiger partial charge in [0, 0.05) is 12.1 Å². The number of imide groups is 1. The number of carbonyl (C=O) groups is 3. The van der Waals surface area contributed by atoms with E-state index in [1.54, 1.807) is 24.3 Å². The van der Waals surface area contributed by atoms with Crippen molar-refractivity contribution >= 4 is 17.8 Å². The van der Waals surface area contributed by atoms with Crippen LogP contribution in [-0.2, 0) is 14.4 Å². The summed E-state index contributed by atoms with van der Waals surface area (Å²) in [5.41, 5.74) is -0.867. The smallest absolute Gasteiger partial charge is 0.327 e. The van der Waals surface area contributed by atoms with E-state index in [0.29, 0.717) is 11.1 Å². The van der Waals surface area contributed by atoms with E-state index >= 15 is 0 Å². The predicted molar refractivity (Wildman–Crippen MR) is 100 cm³/mol. The summed E-state index contributed by atoms with van der Waals surface area (Å²) in [7, 11) is 0. The van der Waals surface area contributed by atoms with E-state index in [9.17, 15) is 24.6 Å². The van der Waals surface area contributed by atoms with Crippen LogP contribution in [0.15, 0.2) is 24.3 Å². The Bertz CT molecular complexity index is 887. The lowest BCUT2D eigenvalue weighted by Gasteiger charge is -2.33. The van der Waals surface area contributed by atoms with Crippen molar-refractivity contribution in [3.8, 4) is 6.07 Å².